The highest BCUT2D eigenvalue weighted by molar-refractivity contribution is 5.91. The number of hydrogen-bond acceptors (Lipinski definition) is 3. The molecule has 1 heterocycles. The second kappa shape index (κ2) is 6.50. The van der Waals surface area contributed by atoms with Gasteiger partial charge in [0.2, 0.25) is 0 Å². The fraction of sp³-hybridized carbons (Fsp3) is 0.529. The molecule has 6 nitrogen and oxygen atoms in total. The molecule has 1 aromatic carbocycles. The molecule has 0 radical (unpaired) electrons. The summed E-state index contributed by atoms with van der Waals surface area (Å²) in [4.78, 5) is 25.6. The summed E-state index contributed by atoms with van der Waals surface area (Å²) < 4.78 is 29.3. The molecule has 3 rings (SSSR count). The van der Waals surface area contributed by atoms with Crippen molar-refractivity contribution in [3.8, 4) is 5.75 Å². The summed E-state index contributed by atoms with van der Waals surface area (Å²) in [5, 5.41) is 12.2. The largest absolute Gasteiger partial charge is 0.481 e. The van der Waals surface area contributed by atoms with Gasteiger partial charge in [-0.05, 0) is 37.3 Å². The van der Waals surface area contributed by atoms with E-state index in [1.807, 2.05) is 0 Å². The Hall–Kier alpha value is -2.38. The molecule has 8 heteroatoms. The van der Waals surface area contributed by atoms with Crippen LogP contribution in [0, 0.1) is 18.3 Å². The van der Waals surface area contributed by atoms with Crippen LogP contribution in [-0.4, -0.2) is 41.7 Å². The average molecular weight is 354 g/mol. The second-order valence-corrected chi connectivity index (χ2v) is 6.72. The summed E-state index contributed by atoms with van der Waals surface area (Å²) in [7, 11) is 0. The molecule has 1 aliphatic carbocycles. The van der Waals surface area contributed by atoms with E-state index in [0.29, 0.717) is 24.2 Å². The Bertz CT molecular complexity index is 697. The number of anilines is 1. The fourth-order valence-corrected chi connectivity index (χ4v) is 3.90. The Balaban J connectivity index is 1.70. The molecule has 1 aromatic rings. The average Bonchev–Trinajstić information content (AvgIpc) is 3.08. The van der Waals surface area contributed by atoms with Crippen LogP contribution in [-0.2, 0) is 4.79 Å². The normalized spacial score (nSPS) is 25.1. The van der Waals surface area contributed by atoms with Crippen LogP contribution in [0.4, 0.5) is 19.3 Å². The number of benzene rings is 1. The van der Waals surface area contributed by atoms with Crippen molar-refractivity contribution in [3.63, 3.8) is 0 Å². The lowest BCUT2D eigenvalue weighted by Gasteiger charge is -2.23. The quantitative estimate of drug-likeness (QED) is 0.869. The van der Waals surface area contributed by atoms with E-state index < -0.39 is 24.0 Å². The van der Waals surface area contributed by atoms with E-state index in [1.54, 1.807) is 19.1 Å². The van der Waals surface area contributed by atoms with Gasteiger partial charge in [-0.15, -0.1) is 0 Å². The van der Waals surface area contributed by atoms with Crippen molar-refractivity contribution in [1.82, 2.24) is 4.90 Å². The first-order chi connectivity index (χ1) is 11.8. The molecule has 0 bridgehead atoms. The molecule has 25 heavy (non-hydrogen) atoms. The highest BCUT2D eigenvalue weighted by Crippen LogP contribution is 2.48. The van der Waals surface area contributed by atoms with Crippen molar-refractivity contribution < 1.29 is 28.2 Å². The van der Waals surface area contributed by atoms with E-state index in [0.717, 1.165) is 12.8 Å². The first kappa shape index (κ1) is 17.4. The molecule has 0 unspecified atom stereocenters. The van der Waals surface area contributed by atoms with Crippen LogP contribution < -0.4 is 10.1 Å². The maximum absolute atomic E-state index is 12.5. The number of aryl methyl sites for hydroxylation is 1. The standard InChI is InChI=1S/C17H20F2N2O4/c1-10-4-5-12(7-13(10)25-15(18)19)20-16(24)21-8-11-3-2-6-17(11,9-21)14(22)23/h4-5,7,11,15H,2-3,6,8-9H2,1H3,(H,20,24)(H,22,23)/t11-,17+/m0/s1. The van der Waals surface area contributed by atoms with Gasteiger partial charge >= 0.3 is 18.6 Å². The van der Waals surface area contributed by atoms with Gasteiger partial charge in [0.15, 0.2) is 0 Å². The highest BCUT2D eigenvalue weighted by Gasteiger charge is 2.55. The van der Waals surface area contributed by atoms with E-state index in [9.17, 15) is 23.5 Å². The third kappa shape index (κ3) is 3.25. The number of ether oxygens (including phenoxy) is 1. The minimum absolute atomic E-state index is 0.00639. The van der Waals surface area contributed by atoms with Crippen molar-refractivity contribution in [2.75, 3.05) is 18.4 Å². The number of alkyl halides is 2. The van der Waals surface area contributed by atoms with E-state index in [2.05, 4.69) is 10.1 Å². The van der Waals surface area contributed by atoms with Crippen LogP contribution >= 0.6 is 0 Å². The van der Waals surface area contributed by atoms with Crippen molar-refractivity contribution in [3.05, 3.63) is 23.8 Å². The molecule has 0 aromatic heterocycles. The number of carbonyl (C=O) groups excluding carboxylic acids is 1. The third-order valence-corrected chi connectivity index (χ3v) is 5.24. The van der Waals surface area contributed by atoms with Crippen LogP contribution in [0.1, 0.15) is 24.8 Å². The molecule has 2 fully saturated rings. The van der Waals surface area contributed by atoms with Gasteiger partial charge in [-0.25, -0.2) is 4.79 Å². The van der Waals surface area contributed by atoms with Crippen LogP contribution in [0.25, 0.3) is 0 Å². The lowest BCUT2D eigenvalue weighted by atomic mass is 9.81. The van der Waals surface area contributed by atoms with E-state index in [1.165, 1.54) is 11.0 Å². The van der Waals surface area contributed by atoms with Gasteiger partial charge in [0, 0.05) is 24.8 Å². The van der Waals surface area contributed by atoms with Gasteiger partial charge in [0.05, 0.1) is 5.41 Å². The monoisotopic (exact) mass is 354 g/mol. The molecule has 0 spiro atoms. The minimum Gasteiger partial charge on any atom is -0.481 e. The smallest absolute Gasteiger partial charge is 0.387 e. The number of carboxylic acid groups (broad SMARTS) is 1. The molecule has 2 atom stereocenters. The maximum Gasteiger partial charge on any atom is 0.387 e. The zero-order valence-electron chi connectivity index (χ0n) is 13.8. The topological polar surface area (TPSA) is 78.9 Å². The summed E-state index contributed by atoms with van der Waals surface area (Å²) in [6, 6.07) is 4.07. The predicted molar refractivity (Wildman–Crippen MR) is 85.8 cm³/mol. The Labute approximate surface area is 143 Å². The number of fused-ring (bicyclic) bond motifs is 1. The summed E-state index contributed by atoms with van der Waals surface area (Å²) in [6.45, 7) is -0.755. The van der Waals surface area contributed by atoms with Crippen molar-refractivity contribution in [1.29, 1.82) is 0 Å². The summed E-state index contributed by atoms with van der Waals surface area (Å²) in [6.07, 6.45) is 2.24. The third-order valence-electron chi connectivity index (χ3n) is 5.24. The molecule has 136 valence electrons. The zero-order valence-corrected chi connectivity index (χ0v) is 13.8. The molecule has 1 aliphatic heterocycles. The molecule has 1 saturated carbocycles. The predicted octanol–water partition coefficient (Wildman–Crippen LogP) is 3.32. The van der Waals surface area contributed by atoms with Crippen LogP contribution in [0.2, 0.25) is 0 Å². The number of halogens is 2. The summed E-state index contributed by atoms with van der Waals surface area (Å²) in [5.74, 6) is -0.896. The first-order valence-corrected chi connectivity index (χ1v) is 8.16. The summed E-state index contributed by atoms with van der Waals surface area (Å²) >= 11 is 0. The zero-order chi connectivity index (χ0) is 18.2. The van der Waals surface area contributed by atoms with E-state index in [4.69, 9.17) is 0 Å². The Morgan fingerprint density at radius 1 is 1.44 bits per heavy atom. The summed E-state index contributed by atoms with van der Waals surface area (Å²) in [5.41, 5.74) is 0.000642. The Morgan fingerprint density at radius 2 is 2.20 bits per heavy atom. The molecule has 2 amide bonds. The molecular weight excluding hydrogens is 334 g/mol. The maximum atomic E-state index is 12.5. The Morgan fingerprint density at radius 3 is 2.84 bits per heavy atom. The van der Waals surface area contributed by atoms with Crippen molar-refractivity contribution in [2.45, 2.75) is 32.8 Å². The molecule has 2 aliphatic rings. The Kier molecular flexibility index (Phi) is 4.53. The van der Waals surface area contributed by atoms with Gasteiger partial charge in [0.1, 0.15) is 5.75 Å². The second-order valence-electron chi connectivity index (χ2n) is 6.72. The molecule has 1 saturated heterocycles. The number of nitrogens with one attached hydrogen (secondary N) is 1. The van der Waals surface area contributed by atoms with Gasteiger partial charge in [-0.1, -0.05) is 12.5 Å². The first-order valence-electron chi connectivity index (χ1n) is 8.16. The number of aliphatic carboxylic acids is 1. The minimum atomic E-state index is -2.95. The number of nitrogens with zero attached hydrogens (tertiary/aromatic N) is 1. The number of rotatable bonds is 4. The number of urea groups is 1. The van der Waals surface area contributed by atoms with E-state index in [-0.39, 0.29) is 18.2 Å². The number of amides is 2. The lowest BCUT2D eigenvalue weighted by molar-refractivity contribution is -0.149. The van der Waals surface area contributed by atoms with Crippen LogP contribution in [0.15, 0.2) is 18.2 Å². The SMILES string of the molecule is Cc1ccc(NC(=O)N2C[C@@H]3CCC[C@@]3(C(=O)O)C2)cc1OC(F)F. The van der Waals surface area contributed by atoms with Gasteiger partial charge in [0.25, 0.3) is 0 Å². The van der Waals surface area contributed by atoms with Crippen molar-refractivity contribution in [2.24, 2.45) is 11.3 Å². The van der Waals surface area contributed by atoms with Gasteiger partial charge in [-0.3, -0.25) is 4.79 Å². The fourth-order valence-electron chi connectivity index (χ4n) is 3.90. The highest BCUT2D eigenvalue weighted by atomic mass is 19.3. The number of carboxylic acids is 1. The number of hydrogen-bond donors (Lipinski definition) is 2. The lowest BCUT2D eigenvalue weighted by Crippen LogP contribution is -2.38. The van der Waals surface area contributed by atoms with Crippen LogP contribution in [0.3, 0.4) is 0 Å². The molecule has 2 N–H and O–H groups in total. The van der Waals surface area contributed by atoms with Crippen LogP contribution in [0.5, 0.6) is 5.75 Å². The molecular formula is C17H20F2N2O4. The van der Waals surface area contributed by atoms with Gasteiger partial charge < -0.3 is 20.1 Å². The van der Waals surface area contributed by atoms with Gasteiger partial charge in [-0.2, -0.15) is 8.78 Å². The number of carbonyl (C=O) groups is 2. The number of likely N-dealkylation sites (tertiary alicyclic amines) is 1. The van der Waals surface area contributed by atoms with Crippen molar-refractivity contribution >= 4 is 17.7 Å². The van der Waals surface area contributed by atoms with E-state index >= 15 is 0 Å².